The molecule has 3 rings (SSSR count). The Kier molecular flexibility index (Phi) is 2.68. The number of benzene rings is 1. The minimum Gasteiger partial charge on any atom is -0.477 e. The molecular formula is C15H10N2O2. The minimum absolute atomic E-state index is 0.0388. The summed E-state index contributed by atoms with van der Waals surface area (Å²) >= 11 is 0. The van der Waals surface area contributed by atoms with Crippen LogP contribution in [-0.4, -0.2) is 21.0 Å². The Morgan fingerprint density at radius 3 is 2.58 bits per heavy atom. The first kappa shape index (κ1) is 11.3. The molecule has 92 valence electrons. The second kappa shape index (κ2) is 4.49. The van der Waals surface area contributed by atoms with Crippen LogP contribution in [0.3, 0.4) is 0 Å². The highest BCUT2D eigenvalue weighted by Gasteiger charge is 2.07. The predicted octanol–water partition coefficient (Wildman–Crippen LogP) is 3.00. The summed E-state index contributed by atoms with van der Waals surface area (Å²) in [5.74, 6) is -1.03. The largest absolute Gasteiger partial charge is 0.477 e. The van der Waals surface area contributed by atoms with Crippen LogP contribution in [0.25, 0.3) is 22.0 Å². The van der Waals surface area contributed by atoms with Gasteiger partial charge in [-0.3, -0.25) is 4.98 Å². The Morgan fingerprint density at radius 2 is 1.84 bits per heavy atom. The number of nitrogens with zero attached hydrogens (tertiary/aromatic N) is 2. The number of hydrogen-bond donors (Lipinski definition) is 1. The average Bonchev–Trinajstić information content (AvgIpc) is 2.47. The van der Waals surface area contributed by atoms with Gasteiger partial charge in [0.1, 0.15) is 5.69 Å². The number of fused-ring (bicyclic) bond motifs is 1. The number of aromatic nitrogens is 2. The second-order valence-electron chi connectivity index (χ2n) is 4.12. The minimum atomic E-state index is -1.03. The van der Waals surface area contributed by atoms with Gasteiger partial charge in [-0.25, -0.2) is 9.78 Å². The van der Waals surface area contributed by atoms with E-state index in [4.69, 9.17) is 5.11 Å². The summed E-state index contributed by atoms with van der Waals surface area (Å²) in [6.07, 6.45) is 3.30. The first-order valence-electron chi connectivity index (χ1n) is 5.79. The molecule has 1 N–H and O–H groups in total. The first-order chi connectivity index (χ1) is 9.25. The number of carbonyl (C=O) groups is 1. The van der Waals surface area contributed by atoms with E-state index in [1.54, 1.807) is 18.5 Å². The fourth-order valence-corrected chi connectivity index (χ4v) is 2.02. The molecule has 0 aliphatic heterocycles. The SMILES string of the molecule is O=C(O)c1ccc(-c2cccc3cccnc23)cn1. The average molecular weight is 250 g/mol. The highest BCUT2D eigenvalue weighted by molar-refractivity contribution is 5.93. The summed E-state index contributed by atoms with van der Waals surface area (Å²) in [6.45, 7) is 0. The van der Waals surface area contributed by atoms with Gasteiger partial charge in [-0.1, -0.05) is 30.3 Å². The lowest BCUT2D eigenvalue weighted by Crippen LogP contribution is -1.99. The van der Waals surface area contributed by atoms with Crippen LogP contribution in [0, 0.1) is 0 Å². The van der Waals surface area contributed by atoms with E-state index in [0.29, 0.717) is 0 Å². The molecule has 0 saturated carbocycles. The van der Waals surface area contributed by atoms with E-state index in [0.717, 1.165) is 22.0 Å². The maximum atomic E-state index is 10.8. The molecule has 2 heterocycles. The molecule has 2 aromatic heterocycles. The van der Waals surface area contributed by atoms with E-state index < -0.39 is 5.97 Å². The molecule has 0 aliphatic rings. The fourth-order valence-electron chi connectivity index (χ4n) is 2.02. The van der Waals surface area contributed by atoms with Gasteiger partial charge in [0.25, 0.3) is 0 Å². The molecule has 0 unspecified atom stereocenters. The molecule has 1 aromatic carbocycles. The highest BCUT2D eigenvalue weighted by Crippen LogP contribution is 2.26. The molecule has 0 saturated heterocycles. The van der Waals surface area contributed by atoms with Gasteiger partial charge >= 0.3 is 5.97 Å². The topological polar surface area (TPSA) is 63.1 Å². The molecule has 4 nitrogen and oxygen atoms in total. The van der Waals surface area contributed by atoms with Crippen molar-refractivity contribution in [2.45, 2.75) is 0 Å². The monoisotopic (exact) mass is 250 g/mol. The van der Waals surface area contributed by atoms with E-state index >= 15 is 0 Å². The van der Waals surface area contributed by atoms with Gasteiger partial charge in [-0.15, -0.1) is 0 Å². The smallest absolute Gasteiger partial charge is 0.354 e. The van der Waals surface area contributed by atoms with Crippen molar-refractivity contribution in [3.63, 3.8) is 0 Å². The van der Waals surface area contributed by atoms with Gasteiger partial charge in [0.15, 0.2) is 0 Å². The van der Waals surface area contributed by atoms with Crippen molar-refractivity contribution >= 4 is 16.9 Å². The lowest BCUT2D eigenvalue weighted by molar-refractivity contribution is 0.0690. The lowest BCUT2D eigenvalue weighted by atomic mass is 10.0. The van der Waals surface area contributed by atoms with Gasteiger partial charge in [0, 0.05) is 28.9 Å². The zero-order valence-electron chi connectivity index (χ0n) is 9.95. The molecule has 0 bridgehead atoms. The molecule has 0 atom stereocenters. The number of carboxylic acid groups (broad SMARTS) is 1. The molecule has 0 amide bonds. The first-order valence-corrected chi connectivity index (χ1v) is 5.79. The molecule has 0 radical (unpaired) electrons. The Hall–Kier alpha value is -2.75. The number of rotatable bonds is 2. The summed E-state index contributed by atoms with van der Waals surface area (Å²) < 4.78 is 0. The van der Waals surface area contributed by atoms with E-state index in [1.807, 2.05) is 30.3 Å². The van der Waals surface area contributed by atoms with Crippen molar-refractivity contribution in [1.29, 1.82) is 0 Å². The summed E-state index contributed by atoms with van der Waals surface area (Å²) in [7, 11) is 0. The normalized spacial score (nSPS) is 10.5. The third kappa shape index (κ3) is 2.04. The quantitative estimate of drug-likeness (QED) is 0.759. The Morgan fingerprint density at radius 1 is 1.00 bits per heavy atom. The predicted molar refractivity (Wildman–Crippen MR) is 71.9 cm³/mol. The Bertz CT molecular complexity index is 746. The second-order valence-corrected chi connectivity index (χ2v) is 4.12. The number of para-hydroxylation sites is 1. The molecule has 4 heteroatoms. The number of carboxylic acids is 1. The van der Waals surface area contributed by atoms with E-state index in [1.165, 1.54) is 6.07 Å². The van der Waals surface area contributed by atoms with Crippen LogP contribution in [0.4, 0.5) is 0 Å². The third-order valence-electron chi connectivity index (χ3n) is 2.93. The summed E-state index contributed by atoms with van der Waals surface area (Å²) in [6, 6.07) is 13.0. The molecule has 0 spiro atoms. The molecular weight excluding hydrogens is 240 g/mol. The lowest BCUT2D eigenvalue weighted by Gasteiger charge is -2.05. The fraction of sp³-hybridized carbons (Fsp3) is 0. The Balaban J connectivity index is 2.16. The van der Waals surface area contributed by atoms with Gasteiger partial charge in [-0.05, 0) is 12.1 Å². The van der Waals surface area contributed by atoms with Crippen molar-refractivity contribution in [3.8, 4) is 11.1 Å². The van der Waals surface area contributed by atoms with E-state index in [2.05, 4.69) is 9.97 Å². The van der Waals surface area contributed by atoms with Gasteiger partial charge < -0.3 is 5.11 Å². The zero-order chi connectivity index (χ0) is 13.2. The van der Waals surface area contributed by atoms with Crippen molar-refractivity contribution < 1.29 is 9.90 Å². The van der Waals surface area contributed by atoms with Crippen molar-refractivity contribution in [3.05, 3.63) is 60.6 Å². The molecule has 19 heavy (non-hydrogen) atoms. The van der Waals surface area contributed by atoms with Crippen LogP contribution in [-0.2, 0) is 0 Å². The molecule has 0 fully saturated rings. The number of pyridine rings is 2. The van der Waals surface area contributed by atoms with Crippen LogP contribution in [0.15, 0.2) is 54.9 Å². The third-order valence-corrected chi connectivity index (χ3v) is 2.93. The van der Waals surface area contributed by atoms with Gasteiger partial charge in [0.2, 0.25) is 0 Å². The van der Waals surface area contributed by atoms with E-state index in [-0.39, 0.29) is 5.69 Å². The zero-order valence-corrected chi connectivity index (χ0v) is 9.95. The number of aromatic carboxylic acids is 1. The van der Waals surface area contributed by atoms with E-state index in [9.17, 15) is 4.79 Å². The van der Waals surface area contributed by atoms with Crippen LogP contribution in [0.1, 0.15) is 10.5 Å². The van der Waals surface area contributed by atoms with Gasteiger partial charge in [-0.2, -0.15) is 0 Å². The highest BCUT2D eigenvalue weighted by atomic mass is 16.4. The standard InChI is InChI=1S/C15H10N2O2/c18-15(19)13-7-6-11(9-17-13)12-5-1-3-10-4-2-8-16-14(10)12/h1-9H,(H,18,19). The summed E-state index contributed by atoms with van der Waals surface area (Å²) in [4.78, 5) is 19.1. The summed E-state index contributed by atoms with van der Waals surface area (Å²) in [5, 5.41) is 9.89. The van der Waals surface area contributed by atoms with Crippen LogP contribution in [0.2, 0.25) is 0 Å². The number of hydrogen-bond acceptors (Lipinski definition) is 3. The Labute approximate surface area is 109 Å². The molecule has 3 aromatic rings. The van der Waals surface area contributed by atoms with Crippen LogP contribution >= 0.6 is 0 Å². The van der Waals surface area contributed by atoms with Crippen molar-refractivity contribution in [1.82, 2.24) is 9.97 Å². The van der Waals surface area contributed by atoms with Crippen LogP contribution in [0.5, 0.6) is 0 Å². The maximum Gasteiger partial charge on any atom is 0.354 e. The molecule has 0 aliphatic carbocycles. The summed E-state index contributed by atoms with van der Waals surface area (Å²) in [5.41, 5.74) is 2.73. The van der Waals surface area contributed by atoms with Crippen molar-refractivity contribution in [2.75, 3.05) is 0 Å². The maximum absolute atomic E-state index is 10.8. The van der Waals surface area contributed by atoms with Crippen molar-refractivity contribution in [2.24, 2.45) is 0 Å². The van der Waals surface area contributed by atoms with Crippen LogP contribution < -0.4 is 0 Å². The van der Waals surface area contributed by atoms with Gasteiger partial charge in [0.05, 0.1) is 5.52 Å².